The highest BCUT2D eigenvalue weighted by Gasteiger charge is 2.39. The fourth-order valence-electron chi connectivity index (χ4n) is 0.532. The minimum Gasteiger partial charge on any atom is -0.304 e. The van der Waals surface area contributed by atoms with Crippen LogP contribution >= 0.6 is 6.34 Å². The Hall–Kier alpha value is 0.140. The molecule has 1 atom stereocenters. The summed E-state index contributed by atoms with van der Waals surface area (Å²) in [6.45, 7) is 1.31. The molecule has 0 radical (unpaired) electrons. The summed E-state index contributed by atoms with van der Waals surface area (Å²) in [7, 11) is -3.67. The van der Waals surface area contributed by atoms with E-state index in [1.165, 1.54) is 6.66 Å². The number of hydrogen-bond donors (Lipinski definition) is 0. The minimum absolute atomic E-state index is 0.0795. The highest BCUT2D eigenvalue weighted by Crippen LogP contribution is 2.53. The molecule has 1 saturated heterocycles. The summed E-state index contributed by atoms with van der Waals surface area (Å²) in [6, 6.07) is 0. The number of hydrogen-bond acceptors (Lipinski definition) is 4. The second-order valence-corrected chi connectivity index (χ2v) is 9.21. The van der Waals surface area contributed by atoms with Gasteiger partial charge in [-0.25, -0.2) is 0 Å². The molecular formula is C3H7O4PS. The quantitative estimate of drug-likeness (QED) is 0.489. The summed E-state index contributed by atoms with van der Waals surface area (Å²) in [4.78, 5) is 0. The van der Waals surface area contributed by atoms with Gasteiger partial charge in [-0.15, -0.1) is 0 Å². The monoisotopic (exact) mass is 170 g/mol. The smallest absolute Gasteiger partial charge is 0.304 e. The highest BCUT2D eigenvalue weighted by atomic mass is 32.8. The molecule has 1 fully saturated rings. The standard InChI is InChI=1S/C3H7O4PS/c1-8(4)3-2-7-9(8,5)6/h2-3H2,1H3. The van der Waals surface area contributed by atoms with Crippen molar-refractivity contribution >= 4 is 16.1 Å². The van der Waals surface area contributed by atoms with Gasteiger partial charge in [0.2, 0.25) is 6.34 Å². The fourth-order valence-corrected chi connectivity index (χ4v) is 3.61. The summed E-state index contributed by atoms with van der Waals surface area (Å²) in [5.41, 5.74) is 0. The molecule has 0 aromatic carbocycles. The van der Waals surface area contributed by atoms with Crippen molar-refractivity contribution in [1.82, 2.24) is 0 Å². The lowest BCUT2D eigenvalue weighted by atomic mass is 10.9. The Morgan fingerprint density at radius 1 is 1.56 bits per heavy atom. The first-order valence-electron chi connectivity index (χ1n) is 2.42. The maximum atomic E-state index is 11.0. The Bertz CT molecular complexity index is 253. The van der Waals surface area contributed by atoms with Gasteiger partial charge in [0.15, 0.2) is 0 Å². The van der Waals surface area contributed by atoms with Crippen molar-refractivity contribution in [3.63, 3.8) is 0 Å². The molecule has 4 nitrogen and oxygen atoms in total. The van der Waals surface area contributed by atoms with E-state index in [0.29, 0.717) is 0 Å². The van der Waals surface area contributed by atoms with Gasteiger partial charge in [0.1, 0.15) is 0 Å². The third-order valence-corrected chi connectivity index (χ3v) is 7.31. The zero-order chi connectivity index (χ0) is 7.12. The van der Waals surface area contributed by atoms with Crippen LogP contribution in [0.5, 0.6) is 0 Å². The average molecular weight is 170 g/mol. The number of rotatable bonds is 0. The topological polar surface area (TPSA) is 60.4 Å². The molecule has 0 N–H and O–H groups in total. The Balaban J connectivity index is 3.19. The van der Waals surface area contributed by atoms with Crippen LogP contribution in [0.3, 0.4) is 0 Å². The summed E-state index contributed by atoms with van der Waals surface area (Å²) < 4.78 is 36.4. The highest BCUT2D eigenvalue weighted by molar-refractivity contribution is 8.50. The van der Waals surface area contributed by atoms with Crippen molar-refractivity contribution in [2.24, 2.45) is 0 Å². The lowest BCUT2D eigenvalue weighted by molar-refractivity contribution is 0.362. The molecular weight excluding hydrogens is 163 g/mol. The predicted octanol–water partition coefficient (Wildman–Crippen LogP) is 0.254. The van der Waals surface area contributed by atoms with E-state index in [4.69, 9.17) is 0 Å². The lowest BCUT2D eigenvalue weighted by Gasteiger charge is -1.97. The molecule has 6 heteroatoms. The largest absolute Gasteiger partial charge is 0.318 e. The molecule has 1 aliphatic heterocycles. The SMILES string of the molecule is CP1(=O)CCOS1(=O)=O. The Kier molecular flexibility index (Phi) is 1.46. The summed E-state index contributed by atoms with van der Waals surface area (Å²) >= 11 is 0. The fraction of sp³-hybridized carbons (Fsp3) is 1.00. The van der Waals surface area contributed by atoms with E-state index in [1.807, 2.05) is 0 Å². The van der Waals surface area contributed by atoms with Crippen LogP contribution in [0.15, 0.2) is 0 Å². The van der Waals surface area contributed by atoms with Crippen LogP contribution in [0.25, 0.3) is 0 Å². The minimum atomic E-state index is -3.67. The van der Waals surface area contributed by atoms with Crippen LogP contribution in [0.1, 0.15) is 0 Å². The zero-order valence-corrected chi connectivity index (χ0v) is 6.61. The third-order valence-electron chi connectivity index (χ3n) is 1.20. The molecule has 0 amide bonds. The van der Waals surface area contributed by atoms with E-state index in [9.17, 15) is 13.0 Å². The van der Waals surface area contributed by atoms with Crippen molar-refractivity contribution in [2.45, 2.75) is 0 Å². The molecule has 9 heavy (non-hydrogen) atoms. The van der Waals surface area contributed by atoms with Gasteiger partial charge in [0.25, 0.3) is 0 Å². The van der Waals surface area contributed by atoms with E-state index >= 15 is 0 Å². The van der Waals surface area contributed by atoms with Crippen LogP contribution in [-0.4, -0.2) is 27.9 Å². The first kappa shape index (κ1) is 7.25. The van der Waals surface area contributed by atoms with Gasteiger partial charge in [0.05, 0.1) is 6.61 Å². The predicted molar refractivity (Wildman–Crippen MR) is 33.3 cm³/mol. The van der Waals surface area contributed by atoms with Gasteiger partial charge >= 0.3 is 9.74 Å². The van der Waals surface area contributed by atoms with Crippen molar-refractivity contribution in [2.75, 3.05) is 19.4 Å². The first-order valence-corrected chi connectivity index (χ1v) is 6.77. The van der Waals surface area contributed by atoms with Crippen LogP contribution in [0.2, 0.25) is 0 Å². The molecule has 0 saturated carbocycles. The average Bonchev–Trinajstić information content (AvgIpc) is 1.81. The van der Waals surface area contributed by atoms with Crippen LogP contribution in [0, 0.1) is 0 Å². The van der Waals surface area contributed by atoms with Gasteiger partial charge in [-0.1, -0.05) is 0 Å². The molecule has 1 rings (SSSR count). The van der Waals surface area contributed by atoms with E-state index in [2.05, 4.69) is 4.18 Å². The van der Waals surface area contributed by atoms with Crippen molar-refractivity contribution < 1.29 is 17.2 Å². The van der Waals surface area contributed by atoms with E-state index in [1.54, 1.807) is 0 Å². The van der Waals surface area contributed by atoms with E-state index < -0.39 is 16.1 Å². The maximum absolute atomic E-state index is 11.0. The molecule has 0 spiro atoms. The molecule has 0 aromatic heterocycles. The molecule has 0 aliphatic carbocycles. The molecule has 0 bridgehead atoms. The first-order chi connectivity index (χ1) is 3.96. The normalized spacial score (nSPS) is 41.0. The van der Waals surface area contributed by atoms with Crippen LogP contribution in [0.4, 0.5) is 0 Å². The van der Waals surface area contributed by atoms with Crippen molar-refractivity contribution in [3.8, 4) is 0 Å². The Morgan fingerprint density at radius 2 is 2.11 bits per heavy atom. The molecule has 1 heterocycles. The lowest BCUT2D eigenvalue weighted by Crippen LogP contribution is -1.93. The van der Waals surface area contributed by atoms with Crippen molar-refractivity contribution in [3.05, 3.63) is 0 Å². The zero-order valence-electron chi connectivity index (χ0n) is 4.90. The second-order valence-electron chi connectivity index (χ2n) is 1.99. The van der Waals surface area contributed by atoms with Crippen molar-refractivity contribution in [1.29, 1.82) is 0 Å². The van der Waals surface area contributed by atoms with Crippen LogP contribution in [-0.2, 0) is 18.5 Å². The van der Waals surface area contributed by atoms with E-state index in [0.717, 1.165) is 0 Å². The Morgan fingerprint density at radius 3 is 2.22 bits per heavy atom. The molecule has 1 aliphatic rings. The summed E-state index contributed by atoms with van der Waals surface area (Å²) in [5.74, 6) is 0. The second kappa shape index (κ2) is 1.81. The summed E-state index contributed by atoms with van der Waals surface area (Å²) in [6.07, 6.45) is -2.83. The molecule has 1 unspecified atom stereocenters. The van der Waals surface area contributed by atoms with Gasteiger partial charge in [0, 0.05) is 12.8 Å². The molecule has 0 aromatic rings. The van der Waals surface area contributed by atoms with E-state index in [-0.39, 0.29) is 12.8 Å². The van der Waals surface area contributed by atoms with Gasteiger partial charge < -0.3 is 4.57 Å². The van der Waals surface area contributed by atoms with Gasteiger partial charge in [-0.3, -0.25) is 4.18 Å². The third kappa shape index (κ3) is 1.04. The summed E-state index contributed by atoms with van der Waals surface area (Å²) in [5, 5.41) is 0. The Labute approximate surface area is 53.4 Å². The maximum Gasteiger partial charge on any atom is 0.318 e. The van der Waals surface area contributed by atoms with Gasteiger partial charge in [-0.05, 0) is 0 Å². The van der Waals surface area contributed by atoms with Gasteiger partial charge in [-0.2, -0.15) is 8.42 Å². The van der Waals surface area contributed by atoms with Crippen LogP contribution < -0.4 is 0 Å². The molecule has 54 valence electrons.